The third kappa shape index (κ3) is 9.37. The molecule has 4 aromatic rings. The van der Waals surface area contributed by atoms with Gasteiger partial charge in [0.15, 0.2) is 41.2 Å². The van der Waals surface area contributed by atoms with Crippen molar-refractivity contribution in [2.75, 3.05) is 13.2 Å². The first-order valence-electron chi connectivity index (χ1n) is 19.4. The standard InChI is InChI=1S/C41H44O23/c1-14-28(49)32(53)34(55)39(59-14)60-17-10-22(46)27-24(11-17)61-36(16-4-6-19(43)21(45)9-16)37(31(27)52)63-41-38(29(50)23(47)12-58-41)64-40-35(56)33(54)30(51)25(62-40)13-57-26(48)7-3-15-2-5-18(42)20(44)8-15/h2-11,14,23,25,28-30,32-35,38-47,49-51,53-56H,12-13H2,1H3/b7-3+/t14-,23-,25+,28-,29-,30+,32+,33-,34+,35+,38-,39-,40-,41-/m0/s1. The molecule has 0 aliphatic carbocycles. The lowest BCUT2D eigenvalue weighted by Crippen LogP contribution is -2.63. The van der Waals surface area contributed by atoms with Crippen LogP contribution in [0.5, 0.6) is 40.2 Å². The summed E-state index contributed by atoms with van der Waals surface area (Å²) in [6.07, 6.45) is -22.3. The Morgan fingerprint density at radius 1 is 0.703 bits per heavy atom. The number of esters is 1. The van der Waals surface area contributed by atoms with Crippen LogP contribution in [0.15, 0.2) is 63.8 Å². The highest BCUT2D eigenvalue weighted by Crippen LogP contribution is 2.40. The number of benzene rings is 3. The van der Waals surface area contributed by atoms with Crippen molar-refractivity contribution >= 4 is 23.0 Å². The SMILES string of the molecule is C[C@@H]1O[C@@H](Oc2cc(O)c3c(=O)c(O[C@@H]4OC[C@H](O)[C@H](O)[C@@H]4O[C@@H]4O[C@H](COC(=O)/C=C/c5ccc(O)c(O)c5)[C@@H](O)[C@H](O)[C@H]4O)c(-c4ccc(O)c(O)c4)oc3c2)[C@H](O)[C@H](O)[C@H]1O. The molecule has 3 aliphatic rings. The smallest absolute Gasteiger partial charge is 0.330 e. The van der Waals surface area contributed by atoms with Crippen molar-refractivity contribution in [3.05, 3.63) is 70.4 Å². The van der Waals surface area contributed by atoms with Crippen molar-refractivity contribution in [3.63, 3.8) is 0 Å². The van der Waals surface area contributed by atoms with Crippen LogP contribution >= 0.6 is 0 Å². The number of hydrogen-bond acceptors (Lipinski definition) is 23. The van der Waals surface area contributed by atoms with E-state index in [0.29, 0.717) is 5.56 Å². The summed E-state index contributed by atoms with van der Waals surface area (Å²) in [4.78, 5) is 26.8. The van der Waals surface area contributed by atoms with Crippen molar-refractivity contribution in [1.29, 1.82) is 0 Å². The minimum Gasteiger partial charge on any atom is -0.507 e. The van der Waals surface area contributed by atoms with Gasteiger partial charge in [0, 0.05) is 23.8 Å². The normalized spacial score (nSPS) is 32.1. The van der Waals surface area contributed by atoms with E-state index in [0.717, 1.165) is 36.4 Å². The molecule has 14 atom stereocenters. The molecule has 23 nitrogen and oxygen atoms in total. The van der Waals surface area contributed by atoms with E-state index < -0.39 is 162 Å². The molecule has 7 rings (SSSR count). The van der Waals surface area contributed by atoms with E-state index in [1.807, 2.05) is 0 Å². The zero-order valence-corrected chi connectivity index (χ0v) is 33.2. The van der Waals surface area contributed by atoms with Gasteiger partial charge in [-0.3, -0.25) is 4.79 Å². The molecule has 0 amide bonds. The number of hydrogen-bond donors (Lipinski definition) is 13. The van der Waals surface area contributed by atoms with Gasteiger partial charge in [-0.25, -0.2) is 4.79 Å². The first-order valence-corrected chi connectivity index (χ1v) is 19.4. The summed E-state index contributed by atoms with van der Waals surface area (Å²) in [5, 5.41) is 135. The molecule has 346 valence electrons. The van der Waals surface area contributed by atoms with Gasteiger partial charge in [0.25, 0.3) is 0 Å². The van der Waals surface area contributed by atoms with Crippen molar-refractivity contribution in [2.45, 2.75) is 92.9 Å². The number of ether oxygens (including phenoxy) is 7. The van der Waals surface area contributed by atoms with E-state index in [9.17, 15) is 76.0 Å². The van der Waals surface area contributed by atoms with Gasteiger partial charge in [-0.2, -0.15) is 0 Å². The molecular formula is C41H44O23. The van der Waals surface area contributed by atoms with Crippen molar-refractivity contribution in [1.82, 2.24) is 0 Å². The number of fused-ring (bicyclic) bond motifs is 1. The summed E-state index contributed by atoms with van der Waals surface area (Å²) in [6.45, 7) is 0.0258. The first-order chi connectivity index (χ1) is 30.3. The number of phenols is 5. The average Bonchev–Trinajstić information content (AvgIpc) is 3.26. The molecule has 23 heteroatoms. The Bertz CT molecular complexity index is 2420. The summed E-state index contributed by atoms with van der Waals surface area (Å²) in [7, 11) is 0. The zero-order valence-electron chi connectivity index (χ0n) is 33.2. The Balaban J connectivity index is 1.16. The Hall–Kier alpha value is -5.80. The Morgan fingerprint density at radius 2 is 1.38 bits per heavy atom. The second kappa shape index (κ2) is 18.7. The second-order valence-electron chi connectivity index (χ2n) is 15.1. The molecular weight excluding hydrogens is 860 g/mol. The third-order valence-corrected chi connectivity index (χ3v) is 10.6. The lowest BCUT2D eigenvalue weighted by atomic mass is 9.98. The molecule has 13 N–H and O–H groups in total. The van der Waals surface area contributed by atoms with Gasteiger partial charge in [0.2, 0.25) is 23.8 Å². The van der Waals surface area contributed by atoms with Crippen LogP contribution in [0.2, 0.25) is 0 Å². The van der Waals surface area contributed by atoms with Gasteiger partial charge >= 0.3 is 5.97 Å². The number of aliphatic hydroxyl groups is 8. The summed E-state index contributed by atoms with van der Waals surface area (Å²) < 4.78 is 45.3. The molecule has 64 heavy (non-hydrogen) atoms. The number of carbonyl (C=O) groups is 1. The van der Waals surface area contributed by atoms with Crippen LogP contribution in [0.3, 0.4) is 0 Å². The van der Waals surface area contributed by atoms with Crippen LogP contribution in [-0.2, 0) is 28.5 Å². The van der Waals surface area contributed by atoms with E-state index in [-0.39, 0.29) is 11.3 Å². The van der Waals surface area contributed by atoms with Crippen LogP contribution in [0, 0.1) is 0 Å². The predicted molar refractivity (Wildman–Crippen MR) is 210 cm³/mol. The molecule has 3 aliphatic heterocycles. The zero-order chi connectivity index (χ0) is 46.3. The molecule has 0 unspecified atom stereocenters. The van der Waals surface area contributed by atoms with Gasteiger partial charge < -0.3 is 104 Å². The molecule has 4 heterocycles. The van der Waals surface area contributed by atoms with E-state index in [2.05, 4.69) is 0 Å². The van der Waals surface area contributed by atoms with Gasteiger partial charge in [0.1, 0.15) is 84.0 Å². The quantitative estimate of drug-likeness (QED) is 0.0444. The molecule has 0 bridgehead atoms. The number of aromatic hydroxyl groups is 5. The molecule has 0 radical (unpaired) electrons. The number of carbonyl (C=O) groups excluding carboxylic acids is 1. The third-order valence-electron chi connectivity index (χ3n) is 10.6. The van der Waals surface area contributed by atoms with Crippen LogP contribution in [0.1, 0.15) is 12.5 Å². The molecule has 0 spiro atoms. The first kappa shape index (κ1) is 46.2. The Morgan fingerprint density at radius 3 is 2.08 bits per heavy atom. The fourth-order valence-electron chi connectivity index (χ4n) is 7.00. The largest absolute Gasteiger partial charge is 0.507 e. The Labute approximate surface area is 359 Å². The van der Waals surface area contributed by atoms with Gasteiger partial charge in [-0.05, 0) is 48.9 Å². The Kier molecular flexibility index (Phi) is 13.5. The number of aliphatic hydroxyl groups excluding tert-OH is 8. The summed E-state index contributed by atoms with van der Waals surface area (Å²) >= 11 is 0. The summed E-state index contributed by atoms with van der Waals surface area (Å²) in [5.41, 5.74) is -1.34. The second-order valence-corrected chi connectivity index (χ2v) is 15.1. The fourth-order valence-corrected chi connectivity index (χ4v) is 7.00. The van der Waals surface area contributed by atoms with Crippen LogP contribution in [-0.4, -0.2) is 172 Å². The highest BCUT2D eigenvalue weighted by molar-refractivity contribution is 5.89. The monoisotopic (exact) mass is 904 g/mol. The minimum atomic E-state index is -2.07. The molecule has 3 aromatic carbocycles. The highest BCUT2D eigenvalue weighted by Gasteiger charge is 2.50. The van der Waals surface area contributed by atoms with Crippen LogP contribution in [0.4, 0.5) is 0 Å². The fraction of sp³-hybridized carbons (Fsp3) is 0.415. The summed E-state index contributed by atoms with van der Waals surface area (Å²) in [5.74, 6) is -5.41. The summed E-state index contributed by atoms with van der Waals surface area (Å²) in [6, 6.07) is 8.96. The lowest BCUT2D eigenvalue weighted by molar-refractivity contribution is -0.348. The predicted octanol–water partition coefficient (Wildman–Crippen LogP) is -1.90. The lowest BCUT2D eigenvalue weighted by Gasteiger charge is -2.44. The van der Waals surface area contributed by atoms with Crippen molar-refractivity contribution in [2.24, 2.45) is 0 Å². The van der Waals surface area contributed by atoms with Crippen molar-refractivity contribution < 1.29 is 109 Å². The van der Waals surface area contributed by atoms with Crippen LogP contribution in [0.25, 0.3) is 28.4 Å². The van der Waals surface area contributed by atoms with Crippen LogP contribution < -0.4 is 14.9 Å². The maximum absolute atomic E-state index is 14.3. The minimum absolute atomic E-state index is 0.127. The molecule has 3 saturated heterocycles. The maximum atomic E-state index is 14.3. The number of phenolic OH excluding ortho intramolecular Hbond substituents is 5. The van der Waals surface area contributed by atoms with Gasteiger partial charge in [0.05, 0.1) is 12.7 Å². The highest BCUT2D eigenvalue weighted by atomic mass is 16.8. The van der Waals surface area contributed by atoms with Crippen molar-refractivity contribution in [3.8, 4) is 51.6 Å². The molecule has 3 fully saturated rings. The average molecular weight is 905 g/mol. The van der Waals surface area contributed by atoms with E-state index in [1.165, 1.54) is 31.2 Å². The van der Waals surface area contributed by atoms with E-state index in [1.54, 1.807) is 0 Å². The van der Waals surface area contributed by atoms with Gasteiger partial charge in [-0.1, -0.05) is 6.07 Å². The van der Waals surface area contributed by atoms with E-state index >= 15 is 0 Å². The number of rotatable bonds is 11. The van der Waals surface area contributed by atoms with Gasteiger partial charge in [-0.15, -0.1) is 0 Å². The maximum Gasteiger partial charge on any atom is 0.330 e. The van der Waals surface area contributed by atoms with E-state index in [4.69, 9.17) is 37.6 Å². The molecule has 0 saturated carbocycles. The molecule has 1 aromatic heterocycles. The topological polar surface area (TPSA) is 375 Å².